The molecule has 1 amide bonds. The highest BCUT2D eigenvalue weighted by Crippen LogP contribution is 2.51. The lowest BCUT2D eigenvalue weighted by Crippen LogP contribution is -2.56. The van der Waals surface area contributed by atoms with Crippen LogP contribution in [0.3, 0.4) is 0 Å². The number of hydrogen-bond acceptors (Lipinski definition) is 5. The number of methoxy groups -OCH3 is 3. The van der Waals surface area contributed by atoms with Gasteiger partial charge in [0.2, 0.25) is 0 Å². The van der Waals surface area contributed by atoms with Crippen LogP contribution >= 0.6 is 0 Å². The van der Waals surface area contributed by atoms with Gasteiger partial charge in [-0.2, -0.15) is 0 Å². The molecule has 6 nitrogen and oxygen atoms in total. The van der Waals surface area contributed by atoms with Gasteiger partial charge in [0.1, 0.15) is 17.2 Å². The Balaban J connectivity index is 1.82. The number of aliphatic hydroxyl groups is 1. The minimum atomic E-state index is -0.772. The monoisotopic (exact) mass is 425 g/mol. The fourth-order valence-corrected chi connectivity index (χ4v) is 5.33. The summed E-state index contributed by atoms with van der Waals surface area (Å²) >= 11 is 0. The Labute approximate surface area is 183 Å². The molecule has 2 aromatic rings. The number of benzene rings is 2. The smallest absolute Gasteiger partial charge is 0.258 e. The molecule has 166 valence electrons. The lowest BCUT2D eigenvalue weighted by atomic mass is 9.66. The Morgan fingerprint density at radius 3 is 2.52 bits per heavy atom. The lowest BCUT2D eigenvalue weighted by molar-refractivity contribution is -0.115. The first-order chi connectivity index (χ1) is 15.0. The first-order valence-electron chi connectivity index (χ1n) is 10.9. The van der Waals surface area contributed by atoms with Crippen LogP contribution in [-0.4, -0.2) is 49.4 Å². The molecule has 1 N–H and O–H groups in total. The summed E-state index contributed by atoms with van der Waals surface area (Å²) in [4.78, 5) is 15.7. The number of rotatable bonds is 5. The van der Waals surface area contributed by atoms with E-state index in [1.165, 1.54) is 0 Å². The number of likely N-dealkylation sites (tertiary alicyclic amines) is 1. The van der Waals surface area contributed by atoms with E-state index < -0.39 is 5.60 Å². The SMILES string of the molecule is COc1ccc([C@@H]2[C@@H]3CCCC[C@@]3(O)CCN2C(=O)c2ccccc2OC)c(OC)c1. The second kappa shape index (κ2) is 8.79. The third kappa shape index (κ3) is 3.85. The summed E-state index contributed by atoms with van der Waals surface area (Å²) in [6, 6.07) is 12.7. The Hall–Kier alpha value is -2.73. The van der Waals surface area contributed by atoms with Crippen molar-refractivity contribution in [2.75, 3.05) is 27.9 Å². The van der Waals surface area contributed by atoms with Gasteiger partial charge in [-0.25, -0.2) is 0 Å². The molecule has 0 aromatic heterocycles. The van der Waals surface area contributed by atoms with Crippen molar-refractivity contribution in [1.29, 1.82) is 0 Å². The predicted octanol–water partition coefficient (Wildman–Crippen LogP) is 4.22. The van der Waals surface area contributed by atoms with E-state index in [-0.39, 0.29) is 17.9 Å². The van der Waals surface area contributed by atoms with Crippen LogP contribution < -0.4 is 14.2 Å². The van der Waals surface area contributed by atoms with Gasteiger partial charge in [-0.05, 0) is 43.5 Å². The molecule has 3 atom stereocenters. The number of para-hydroxylation sites is 1. The Morgan fingerprint density at radius 2 is 1.77 bits per heavy atom. The molecule has 1 aliphatic heterocycles. The second-order valence-electron chi connectivity index (χ2n) is 8.46. The van der Waals surface area contributed by atoms with Gasteiger partial charge in [0.25, 0.3) is 5.91 Å². The zero-order chi connectivity index (χ0) is 22.0. The topological polar surface area (TPSA) is 68.2 Å². The summed E-state index contributed by atoms with van der Waals surface area (Å²) in [6.45, 7) is 0.476. The molecule has 1 saturated heterocycles. The van der Waals surface area contributed by atoms with Crippen molar-refractivity contribution in [2.24, 2.45) is 5.92 Å². The van der Waals surface area contributed by atoms with Crippen molar-refractivity contribution in [3.05, 3.63) is 53.6 Å². The van der Waals surface area contributed by atoms with Crippen LogP contribution in [0.5, 0.6) is 17.2 Å². The van der Waals surface area contributed by atoms with Gasteiger partial charge in [-0.3, -0.25) is 4.79 Å². The first kappa shape index (κ1) is 21.5. The summed E-state index contributed by atoms with van der Waals surface area (Å²) < 4.78 is 16.5. The average Bonchev–Trinajstić information content (AvgIpc) is 2.82. The Morgan fingerprint density at radius 1 is 1.00 bits per heavy atom. The predicted molar refractivity (Wildman–Crippen MR) is 118 cm³/mol. The van der Waals surface area contributed by atoms with Crippen molar-refractivity contribution < 1.29 is 24.1 Å². The van der Waals surface area contributed by atoms with Gasteiger partial charge < -0.3 is 24.2 Å². The quantitative estimate of drug-likeness (QED) is 0.777. The number of carbonyl (C=O) groups excluding carboxylic acids is 1. The number of fused-ring (bicyclic) bond motifs is 1. The van der Waals surface area contributed by atoms with Gasteiger partial charge in [-0.15, -0.1) is 0 Å². The van der Waals surface area contributed by atoms with Crippen LogP contribution in [-0.2, 0) is 0 Å². The van der Waals surface area contributed by atoms with Crippen molar-refractivity contribution in [2.45, 2.75) is 43.7 Å². The minimum Gasteiger partial charge on any atom is -0.497 e. The third-order valence-corrected chi connectivity index (χ3v) is 6.93. The van der Waals surface area contributed by atoms with E-state index in [1.54, 1.807) is 33.5 Å². The number of amides is 1. The molecule has 6 heteroatoms. The van der Waals surface area contributed by atoms with Gasteiger partial charge in [0.05, 0.1) is 38.5 Å². The third-order valence-electron chi connectivity index (χ3n) is 6.93. The van der Waals surface area contributed by atoms with E-state index in [9.17, 15) is 9.90 Å². The number of carbonyl (C=O) groups is 1. The van der Waals surface area contributed by atoms with Gasteiger partial charge in [0.15, 0.2) is 0 Å². The van der Waals surface area contributed by atoms with Crippen LogP contribution in [0.2, 0.25) is 0 Å². The van der Waals surface area contributed by atoms with E-state index >= 15 is 0 Å². The van der Waals surface area contributed by atoms with Crippen LogP contribution in [0.4, 0.5) is 0 Å². The molecule has 2 aliphatic rings. The molecular weight excluding hydrogens is 394 g/mol. The van der Waals surface area contributed by atoms with E-state index in [4.69, 9.17) is 14.2 Å². The molecule has 4 rings (SSSR count). The molecule has 0 unspecified atom stereocenters. The maximum absolute atomic E-state index is 13.8. The first-order valence-corrected chi connectivity index (χ1v) is 10.9. The normalized spacial score (nSPS) is 25.5. The fourth-order valence-electron chi connectivity index (χ4n) is 5.33. The minimum absolute atomic E-state index is 0.0593. The zero-order valence-electron chi connectivity index (χ0n) is 18.5. The molecule has 0 radical (unpaired) electrons. The van der Waals surface area contributed by atoms with E-state index in [0.29, 0.717) is 35.8 Å². The van der Waals surface area contributed by atoms with E-state index in [1.807, 2.05) is 35.2 Å². The highest BCUT2D eigenvalue weighted by Gasteiger charge is 2.51. The van der Waals surface area contributed by atoms with Crippen LogP contribution in [0, 0.1) is 5.92 Å². The molecule has 0 bridgehead atoms. The molecule has 0 spiro atoms. The van der Waals surface area contributed by atoms with Crippen molar-refractivity contribution in [3.63, 3.8) is 0 Å². The summed E-state index contributed by atoms with van der Waals surface area (Å²) in [7, 11) is 4.82. The maximum Gasteiger partial charge on any atom is 0.258 e. The molecule has 1 heterocycles. The number of nitrogens with zero attached hydrogens (tertiary/aromatic N) is 1. The summed E-state index contributed by atoms with van der Waals surface area (Å²) in [5, 5.41) is 11.5. The standard InChI is InChI=1S/C25H31NO5/c1-29-17-11-12-18(22(16-17)31-3)23-20-9-6-7-13-25(20,28)14-15-26(23)24(27)19-8-4-5-10-21(19)30-2/h4-5,8,10-12,16,20,23,28H,6-7,9,13-15H2,1-3H3/t20-,23+,25+/m0/s1. The molecule has 2 aromatic carbocycles. The number of hydrogen-bond donors (Lipinski definition) is 1. The summed E-state index contributed by atoms with van der Waals surface area (Å²) in [6.07, 6.45) is 4.27. The highest BCUT2D eigenvalue weighted by molar-refractivity contribution is 5.97. The second-order valence-corrected chi connectivity index (χ2v) is 8.46. The molecular formula is C25H31NO5. The number of ether oxygens (including phenoxy) is 3. The summed E-state index contributed by atoms with van der Waals surface area (Å²) in [5.74, 6) is 1.76. The largest absolute Gasteiger partial charge is 0.497 e. The molecule has 1 saturated carbocycles. The average molecular weight is 426 g/mol. The van der Waals surface area contributed by atoms with Crippen LogP contribution in [0.1, 0.15) is 54.1 Å². The van der Waals surface area contributed by atoms with E-state index in [2.05, 4.69) is 0 Å². The number of piperidine rings is 1. The summed E-state index contributed by atoms with van der Waals surface area (Å²) in [5.41, 5.74) is 0.658. The molecule has 2 fully saturated rings. The molecule has 31 heavy (non-hydrogen) atoms. The van der Waals surface area contributed by atoms with Gasteiger partial charge >= 0.3 is 0 Å². The van der Waals surface area contributed by atoms with Crippen molar-refractivity contribution in [1.82, 2.24) is 4.90 Å². The van der Waals surface area contributed by atoms with Crippen molar-refractivity contribution in [3.8, 4) is 17.2 Å². The highest BCUT2D eigenvalue weighted by atomic mass is 16.5. The molecule has 1 aliphatic carbocycles. The van der Waals surface area contributed by atoms with Crippen molar-refractivity contribution >= 4 is 5.91 Å². The van der Waals surface area contributed by atoms with Crippen LogP contribution in [0.25, 0.3) is 0 Å². The van der Waals surface area contributed by atoms with Gasteiger partial charge in [-0.1, -0.05) is 25.0 Å². The lowest BCUT2D eigenvalue weighted by Gasteiger charge is -2.52. The van der Waals surface area contributed by atoms with Crippen LogP contribution in [0.15, 0.2) is 42.5 Å². The Bertz CT molecular complexity index is 945. The fraction of sp³-hybridized carbons (Fsp3) is 0.480. The van der Waals surface area contributed by atoms with Gasteiger partial charge in [0, 0.05) is 24.1 Å². The Kier molecular flexibility index (Phi) is 6.10. The van der Waals surface area contributed by atoms with E-state index in [0.717, 1.165) is 31.2 Å². The zero-order valence-corrected chi connectivity index (χ0v) is 18.5. The maximum atomic E-state index is 13.8.